The van der Waals surface area contributed by atoms with Gasteiger partial charge in [0.1, 0.15) is 13.2 Å². The molecular formula is C17H16N2O3S. The minimum absolute atomic E-state index is 0.155. The fourth-order valence-corrected chi connectivity index (χ4v) is 2.78. The van der Waals surface area contributed by atoms with E-state index < -0.39 is 0 Å². The number of amides is 1. The van der Waals surface area contributed by atoms with Gasteiger partial charge in [0.25, 0.3) is 0 Å². The first-order chi connectivity index (χ1) is 11.3. The number of fused-ring (bicyclic) bond motifs is 1. The van der Waals surface area contributed by atoms with Crippen LogP contribution in [0, 0.1) is 0 Å². The van der Waals surface area contributed by atoms with Crippen LogP contribution in [0.15, 0.2) is 58.5 Å². The molecule has 0 unspecified atom stereocenters. The first-order valence-corrected chi connectivity index (χ1v) is 8.20. The van der Waals surface area contributed by atoms with Crippen molar-refractivity contribution in [2.24, 2.45) is 5.10 Å². The molecule has 5 nitrogen and oxygen atoms in total. The molecule has 0 aliphatic carbocycles. The van der Waals surface area contributed by atoms with Gasteiger partial charge in [-0.05, 0) is 24.3 Å². The Hall–Kier alpha value is -2.47. The topological polar surface area (TPSA) is 59.9 Å². The van der Waals surface area contributed by atoms with Crippen LogP contribution in [0.5, 0.6) is 11.5 Å². The van der Waals surface area contributed by atoms with Crippen molar-refractivity contribution in [2.75, 3.05) is 19.0 Å². The molecule has 2 aromatic carbocycles. The molecule has 0 aromatic heterocycles. The maximum absolute atomic E-state index is 11.8. The quantitative estimate of drug-likeness (QED) is 0.521. The molecule has 0 radical (unpaired) electrons. The summed E-state index contributed by atoms with van der Waals surface area (Å²) in [5, 5.41) is 3.99. The van der Waals surface area contributed by atoms with Crippen LogP contribution in [0.3, 0.4) is 0 Å². The van der Waals surface area contributed by atoms with E-state index >= 15 is 0 Å². The average molecular weight is 328 g/mol. The molecule has 1 N–H and O–H groups in total. The zero-order valence-corrected chi connectivity index (χ0v) is 13.2. The van der Waals surface area contributed by atoms with Crippen LogP contribution in [-0.2, 0) is 4.79 Å². The third kappa shape index (κ3) is 4.26. The van der Waals surface area contributed by atoms with Gasteiger partial charge in [0.2, 0.25) is 5.91 Å². The molecule has 0 fully saturated rings. The number of carbonyl (C=O) groups excluding carboxylic acids is 1. The number of hydrogen-bond donors (Lipinski definition) is 1. The summed E-state index contributed by atoms with van der Waals surface area (Å²) in [6.07, 6.45) is 1.57. The van der Waals surface area contributed by atoms with Crippen molar-refractivity contribution in [1.29, 1.82) is 0 Å². The third-order valence-corrected chi connectivity index (χ3v) is 4.11. The molecule has 118 valence electrons. The first kappa shape index (κ1) is 15.4. The summed E-state index contributed by atoms with van der Waals surface area (Å²) in [5.74, 6) is 1.52. The van der Waals surface area contributed by atoms with Gasteiger partial charge in [-0.3, -0.25) is 4.79 Å². The van der Waals surface area contributed by atoms with Crippen LogP contribution >= 0.6 is 11.8 Å². The van der Waals surface area contributed by atoms with Gasteiger partial charge in [-0.15, -0.1) is 11.8 Å². The SMILES string of the molecule is O=C(CSc1ccccc1)NN=Cc1cccc2c1OCCO2. The highest BCUT2D eigenvalue weighted by Gasteiger charge is 2.14. The number of hydrazone groups is 1. The summed E-state index contributed by atoms with van der Waals surface area (Å²) in [6, 6.07) is 15.3. The minimum Gasteiger partial charge on any atom is -0.486 e. The Labute approximate surface area is 138 Å². The highest BCUT2D eigenvalue weighted by atomic mass is 32.2. The molecule has 1 aliphatic rings. The van der Waals surface area contributed by atoms with E-state index in [2.05, 4.69) is 10.5 Å². The lowest BCUT2D eigenvalue weighted by molar-refractivity contribution is -0.118. The smallest absolute Gasteiger partial charge is 0.250 e. The second-order valence-electron chi connectivity index (χ2n) is 4.77. The number of benzene rings is 2. The van der Waals surface area contributed by atoms with Crippen LogP contribution < -0.4 is 14.9 Å². The largest absolute Gasteiger partial charge is 0.486 e. The first-order valence-electron chi connectivity index (χ1n) is 7.21. The number of hydrogen-bond acceptors (Lipinski definition) is 5. The van der Waals surface area contributed by atoms with E-state index in [1.807, 2.05) is 48.5 Å². The van der Waals surface area contributed by atoms with Crippen molar-refractivity contribution in [3.63, 3.8) is 0 Å². The van der Waals surface area contributed by atoms with Crippen molar-refractivity contribution in [1.82, 2.24) is 5.43 Å². The van der Waals surface area contributed by atoms with Crippen LogP contribution in [0.1, 0.15) is 5.56 Å². The normalized spacial score (nSPS) is 13.0. The molecule has 1 heterocycles. The highest BCUT2D eigenvalue weighted by molar-refractivity contribution is 8.00. The Morgan fingerprint density at radius 1 is 1.13 bits per heavy atom. The van der Waals surface area contributed by atoms with Crippen molar-refractivity contribution >= 4 is 23.9 Å². The lowest BCUT2D eigenvalue weighted by Crippen LogP contribution is -2.20. The number of thioether (sulfide) groups is 1. The molecule has 23 heavy (non-hydrogen) atoms. The average Bonchev–Trinajstić information content (AvgIpc) is 2.61. The Kier molecular flexibility index (Phi) is 5.16. The number of ether oxygens (including phenoxy) is 2. The van der Waals surface area contributed by atoms with Gasteiger partial charge >= 0.3 is 0 Å². The molecular weight excluding hydrogens is 312 g/mol. The van der Waals surface area contributed by atoms with Gasteiger partial charge in [-0.25, -0.2) is 5.43 Å². The van der Waals surface area contributed by atoms with Gasteiger partial charge in [0, 0.05) is 10.5 Å². The maximum atomic E-state index is 11.8. The third-order valence-electron chi connectivity index (χ3n) is 3.10. The second-order valence-corrected chi connectivity index (χ2v) is 5.82. The Bertz CT molecular complexity index is 704. The molecule has 0 saturated heterocycles. The summed E-state index contributed by atoms with van der Waals surface area (Å²) in [4.78, 5) is 12.8. The van der Waals surface area contributed by atoms with Crippen molar-refractivity contribution in [3.05, 3.63) is 54.1 Å². The number of nitrogens with one attached hydrogen (secondary N) is 1. The standard InChI is InChI=1S/C17H16N2O3S/c20-16(12-23-14-6-2-1-3-7-14)19-18-11-13-5-4-8-15-17(13)22-10-9-21-15/h1-8,11H,9-10,12H2,(H,19,20). The molecule has 0 spiro atoms. The molecule has 0 atom stereocenters. The maximum Gasteiger partial charge on any atom is 0.250 e. The molecule has 0 saturated carbocycles. The minimum atomic E-state index is -0.155. The zero-order chi connectivity index (χ0) is 15.9. The van der Waals surface area contributed by atoms with Crippen molar-refractivity contribution < 1.29 is 14.3 Å². The fourth-order valence-electron chi connectivity index (χ4n) is 2.07. The highest BCUT2D eigenvalue weighted by Crippen LogP contribution is 2.32. The van der Waals surface area contributed by atoms with E-state index in [4.69, 9.17) is 9.47 Å². The van der Waals surface area contributed by atoms with Crippen LogP contribution in [-0.4, -0.2) is 31.1 Å². The van der Waals surface area contributed by atoms with Crippen molar-refractivity contribution in [3.8, 4) is 11.5 Å². The van der Waals surface area contributed by atoms with E-state index in [0.29, 0.717) is 30.5 Å². The molecule has 1 amide bonds. The monoisotopic (exact) mass is 328 g/mol. The van der Waals surface area contributed by atoms with Crippen LogP contribution in [0.4, 0.5) is 0 Å². The molecule has 3 rings (SSSR count). The van der Waals surface area contributed by atoms with Gasteiger partial charge in [-0.2, -0.15) is 5.10 Å². The number of para-hydroxylation sites is 1. The predicted molar refractivity (Wildman–Crippen MR) is 90.3 cm³/mol. The van der Waals surface area contributed by atoms with Gasteiger partial charge in [-0.1, -0.05) is 24.3 Å². The summed E-state index contributed by atoms with van der Waals surface area (Å²) in [6.45, 7) is 1.05. The van der Waals surface area contributed by atoms with E-state index in [1.165, 1.54) is 11.8 Å². The van der Waals surface area contributed by atoms with Gasteiger partial charge in [0.15, 0.2) is 11.5 Å². The second kappa shape index (κ2) is 7.69. The van der Waals surface area contributed by atoms with Crippen LogP contribution in [0.2, 0.25) is 0 Å². The molecule has 6 heteroatoms. The van der Waals surface area contributed by atoms with E-state index in [-0.39, 0.29) is 5.91 Å². The van der Waals surface area contributed by atoms with Crippen molar-refractivity contribution in [2.45, 2.75) is 4.90 Å². The lowest BCUT2D eigenvalue weighted by Gasteiger charge is -2.19. The number of nitrogens with zero attached hydrogens (tertiary/aromatic N) is 1. The van der Waals surface area contributed by atoms with Gasteiger partial charge in [0.05, 0.1) is 12.0 Å². The van der Waals surface area contributed by atoms with E-state index in [1.54, 1.807) is 6.21 Å². The van der Waals surface area contributed by atoms with E-state index in [0.717, 1.165) is 10.5 Å². The Balaban J connectivity index is 1.54. The molecule has 2 aromatic rings. The summed E-state index contributed by atoms with van der Waals surface area (Å²) < 4.78 is 11.1. The molecule has 1 aliphatic heterocycles. The van der Waals surface area contributed by atoms with E-state index in [9.17, 15) is 4.79 Å². The lowest BCUT2D eigenvalue weighted by atomic mass is 10.2. The Morgan fingerprint density at radius 2 is 1.96 bits per heavy atom. The summed E-state index contributed by atoms with van der Waals surface area (Å²) in [5.41, 5.74) is 3.30. The predicted octanol–water partition coefficient (Wildman–Crippen LogP) is 2.70. The van der Waals surface area contributed by atoms with Gasteiger partial charge < -0.3 is 9.47 Å². The number of rotatable bonds is 5. The summed E-state index contributed by atoms with van der Waals surface area (Å²) >= 11 is 1.47. The Morgan fingerprint density at radius 3 is 2.83 bits per heavy atom. The zero-order valence-electron chi connectivity index (χ0n) is 12.4. The fraction of sp³-hybridized carbons (Fsp3) is 0.176. The summed E-state index contributed by atoms with van der Waals surface area (Å²) in [7, 11) is 0. The number of carbonyl (C=O) groups is 1. The van der Waals surface area contributed by atoms with Crippen LogP contribution in [0.25, 0.3) is 0 Å². The molecule has 0 bridgehead atoms.